The first kappa shape index (κ1) is 16.6. The van der Waals surface area contributed by atoms with Gasteiger partial charge in [-0.25, -0.2) is 4.39 Å². The van der Waals surface area contributed by atoms with Gasteiger partial charge in [0.05, 0.1) is 17.7 Å². The molecule has 1 aromatic carbocycles. The molecule has 2 N–H and O–H groups in total. The Morgan fingerprint density at radius 3 is 2.42 bits per heavy atom. The van der Waals surface area contributed by atoms with E-state index >= 15 is 0 Å². The van der Waals surface area contributed by atoms with Crippen LogP contribution in [-0.4, -0.2) is 14.9 Å². The van der Waals surface area contributed by atoms with Crippen LogP contribution < -0.4 is 5.73 Å². The first-order valence-corrected chi connectivity index (χ1v) is 9.68. The molecule has 0 saturated carbocycles. The molecular weight excluding hydrogens is 281 g/mol. The third-order valence-corrected chi connectivity index (χ3v) is 8.59. The Kier molecular flexibility index (Phi) is 5.18. The topological polar surface area (TPSA) is 35.2 Å². The van der Waals surface area contributed by atoms with Gasteiger partial charge in [0.1, 0.15) is 5.82 Å². The average molecular weight is 304 g/mol. The summed E-state index contributed by atoms with van der Waals surface area (Å²) in [5, 5.41) is 0.243. The Balaban J connectivity index is 2.70. The van der Waals surface area contributed by atoms with Crippen molar-refractivity contribution >= 4 is 19.9 Å². The fraction of sp³-hybridized carbons (Fsp3) is 0.571. The fourth-order valence-electron chi connectivity index (χ4n) is 1.35. The molecule has 1 rings (SSSR count). The number of nitrogens with two attached hydrogens (primary N) is 1. The van der Waals surface area contributed by atoms with Gasteiger partial charge in [0.15, 0.2) is 8.32 Å². The predicted molar refractivity (Wildman–Crippen MR) is 81.5 cm³/mol. The molecule has 0 amide bonds. The molecule has 0 unspecified atom stereocenters. The van der Waals surface area contributed by atoms with Gasteiger partial charge in [0, 0.05) is 0 Å². The van der Waals surface area contributed by atoms with Gasteiger partial charge >= 0.3 is 0 Å². The van der Waals surface area contributed by atoms with Gasteiger partial charge in [0.2, 0.25) is 0 Å². The Bertz CT molecular complexity index is 446. The second-order valence-corrected chi connectivity index (χ2v) is 11.6. The molecule has 2 nitrogen and oxygen atoms in total. The molecule has 0 saturated heterocycles. The molecule has 5 heteroatoms. The van der Waals surface area contributed by atoms with Crippen molar-refractivity contribution in [2.24, 2.45) is 5.73 Å². The summed E-state index contributed by atoms with van der Waals surface area (Å²) in [6.45, 7) is 11.3. The van der Waals surface area contributed by atoms with Crippen LogP contribution in [0.3, 0.4) is 0 Å². The first-order valence-electron chi connectivity index (χ1n) is 6.39. The van der Waals surface area contributed by atoms with Crippen LogP contribution in [0.15, 0.2) is 18.2 Å². The van der Waals surface area contributed by atoms with Gasteiger partial charge in [-0.1, -0.05) is 38.4 Å². The highest BCUT2D eigenvalue weighted by Crippen LogP contribution is 2.37. The van der Waals surface area contributed by atoms with Gasteiger partial charge < -0.3 is 10.2 Å². The second kappa shape index (κ2) is 5.91. The molecule has 108 valence electrons. The highest BCUT2D eigenvalue weighted by atomic mass is 35.5. The summed E-state index contributed by atoms with van der Waals surface area (Å²) in [5.74, 6) is -0.428. The van der Waals surface area contributed by atoms with Crippen LogP contribution >= 0.6 is 11.6 Å². The van der Waals surface area contributed by atoms with E-state index < -0.39 is 14.1 Å². The minimum atomic E-state index is -1.81. The summed E-state index contributed by atoms with van der Waals surface area (Å²) in [7, 11) is -1.81. The summed E-state index contributed by atoms with van der Waals surface area (Å²) in [5.41, 5.74) is 6.88. The van der Waals surface area contributed by atoms with E-state index in [1.165, 1.54) is 6.07 Å². The number of rotatable bonds is 4. The van der Waals surface area contributed by atoms with Crippen LogP contribution in [0, 0.1) is 5.82 Å². The van der Waals surface area contributed by atoms with Gasteiger partial charge in [0.25, 0.3) is 0 Å². The summed E-state index contributed by atoms with van der Waals surface area (Å²) in [6, 6.07) is 4.27. The molecule has 0 fully saturated rings. The Morgan fingerprint density at radius 2 is 1.95 bits per heavy atom. The van der Waals surface area contributed by atoms with Gasteiger partial charge in [-0.2, -0.15) is 0 Å². The Morgan fingerprint density at radius 1 is 1.37 bits per heavy atom. The standard InChI is InChI=1S/C14H23ClFNOSi/c1-14(2,3)19(4,5)18-9-13(17)10-6-7-12(16)11(15)8-10/h6-8,13H,9,17H2,1-5H3/t13-/m1/s1. The van der Waals surface area contributed by atoms with Gasteiger partial charge in [-0.15, -0.1) is 0 Å². The van der Waals surface area contributed by atoms with Crippen LogP contribution in [-0.2, 0) is 4.43 Å². The lowest BCUT2D eigenvalue weighted by molar-refractivity contribution is 0.264. The third kappa shape index (κ3) is 4.28. The largest absolute Gasteiger partial charge is 0.415 e. The molecule has 0 aliphatic heterocycles. The third-order valence-electron chi connectivity index (χ3n) is 3.80. The highest BCUT2D eigenvalue weighted by molar-refractivity contribution is 6.74. The van der Waals surface area contributed by atoms with Crippen LogP contribution in [0.4, 0.5) is 4.39 Å². The zero-order valence-corrected chi connectivity index (χ0v) is 14.0. The van der Waals surface area contributed by atoms with Crippen molar-refractivity contribution in [1.82, 2.24) is 0 Å². The second-order valence-electron chi connectivity index (χ2n) is 6.35. The molecule has 0 spiro atoms. The molecule has 0 bridgehead atoms. The fourth-order valence-corrected chi connectivity index (χ4v) is 2.57. The SMILES string of the molecule is CC(C)(C)[Si](C)(C)OC[C@@H](N)c1ccc(F)c(Cl)c1. The van der Waals surface area contributed by atoms with Crippen LogP contribution in [0.5, 0.6) is 0 Å². The van der Waals surface area contributed by atoms with Crippen molar-refractivity contribution < 1.29 is 8.82 Å². The zero-order valence-electron chi connectivity index (χ0n) is 12.3. The number of hydrogen-bond acceptors (Lipinski definition) is 2. The smallest absolute Gasteiger partial charge is 0.192 e. The Hall–Kier alpha value is -0.423. The summed E-state index contributed by atoms with van der Waals surface area (Å²) < 4.78 is 19.2. The maximum absolute atomic E-state index is 13.1. The van der Waals surface area contributed by atoms with Crippen molar-refractivity contribution in [2.45, 2.75) is 44.9 Å². The normalized spacial score (nSPS) is 14.5. The molecule has 0 aliphatic rings. The van der Waals surface area contributed by atoms with Crippen molar-refractivity contribution in [1.29, 1.82) is 0 Å². The van der Waals surface area contributed by atoms with E-state index in [1.807, 2.05) is 0 Å². The Labute approximate surface area is 121 Å². The summed E-state index contributed by atoms with van der Waals surface area (Å²) in [6.07, 6.45) is 0. The summed E-state index contributed by atoms with van der Waals surface area (Å²) >= 11 is 5.76. The van der Waals surface area contributed by atoms with Crippen LogP contribution in [0.25, 0.3) is 0 Å². The molecule has 0 aromatic heterocycles. The van der Waals surface area contributed by atoms with E-state index in [0.29, 0.717) is 6.61 Å². The first-order chi connectivity index (χ1) is 8.54. The molecular formula is C14H23ClFNOSi. The maximum Gasteiger partial charge on any atom is 0.192 e. The van der Waals surface area contributed by atoms with Crippen LogP contribution in [0.2, 0.25) is 23.2 Å². The lowest BCUT2D eigenvalue weighted by Gasteiger charge is -2.37. The minimum absolute atomic E-state index is 0.0975. The lowest BCUT2D eigenvalue weighted by Crippen LogP contribution is -2.42. The molecule has 1 atom stereocenters. The summed E-state index contributed by atoms with van der Waals surface area (Å²) in [4.78, 5) is 0. The van der Waals surface area contributed by atoms with Crippen molar-refractivity contribution in [3.63, 3.8) is 0 Å². The van der Waals surface area contributed by atoms with Crippen molar-refractivity contribution in [3.05, 3.63) is 34.6 Å². The van der Waals surface area contributed by atoms with E-state index in [1.54, 1.807) is 12.1 Å². The molecule has 0 radical (unpaired) electrons. The quantitative estimate of drug-likeness (QED) is 0.831. The average Bonchev–Trinajstić information content (AvgIpc) is 2.28. The predicted octanol–water partition coefficient (Wildman–Crippen LogP) is 4.50. The van der Waals surface area contributed by atoms with E-state index in [9.17, 15) is 4.39 Å². The minimum Gasteiger partial charge on any atom is -0.415 e. The molecule has 1 aromatic rings. The number of hydrogen-bond donors (Lipinski definition) is 1. The van der Waals surface area contributed by atoms with Crippen molar-refractivity contribution in [3.8, 4) is 0 Å². The van der Waals surface area contributed by atoms with E-state index in [-0.39, 0.29) is 16.1 Å². The molecule has 0 aliphatic carbocycles. The highest BCUT2D eigenvalue weighted by Gasteiger charge is 2.37. The van der Waals surface area contributed by atoms with Gasteiger partial charge in [-0.3, -0.25) is 0 Å². The number of benzene rings is 1. The van der Waals surface area contributed by atoms with Gasteiger partial charge in [-0.05, 0) is 35.8 Å². The maximum atomic E-state index is 13.1. The zero-order chi connectivity index (χ0) is 14.8. The monoisotopic (exact) mass is 303 g/mol. The van der Waals surface area contributed by atoms with Crippen LogP contribution in [0.1, 0.15) is 32.4 Å². The van der Waals surface area contributed by atoms with E-state index in [0.717, 1.165) is 5.56 Å². The van der Waals surface area contributed by atoms with E-state index in [4.69, 9.17) is 21.8 Å². The molecule has 19 heavy (non-hydrogen) atoms. The number of halogens is 2. The van der Waals surface area contributed by atoms with Crippen molar-refractivity contribution in [2.75, 3.05) is 6.61 Å². The van der Waals surface area contributed by atoms with E-state index in [2.05, 4.69) is 33.9 Å². The lowest BCUT2D eigenvalue weighted by atomic mass is 10.1. The molecule has 0 heterocycles.